The van der Waals surface area contributed by atoms with Crippen LogP contribution < -0.4 is 5.32 Å². The lowest BCUT2D eigenvalue weighted by atomic mass is 10.1. The molecule has 0 saturated heterocycles. The number of hydrogen-bond donors (Lipinski definition) is 3. The number of carboxylic acid groups (broad SMARTS) is 1. The largest absolute Gasteiger partial charge is 0.508 e. The number of nitrogens with zero attached hydrogens (tertiary/aromatic N) is 3. The second-order valence-corrected chi connectivity index (χ2v) is 3.28. The molecule has 1 aromatic carbocycles. The molecule has 0 aromatic heterocycles. The van der Waals surface area contributed by atoms with E-state index in [0.29, 0.717) is 0 Å². The van der Waals surface area contributed by atoms with Gasteiger partial charge in [-0.3, -0.25) is 0 Å². The van der Waals surface area contributed by atoms with Crippen LogP contribution in [0.3, 0.4) is 0 Å². The Labute approximate surface area is 107 Å². The topological polar surface area (TPSA) is 141 Å². The molecule has 0 unspecified atom stereocenters. The Morgan fingerprint density at radius 3 is 2.21 bits per heavy atom. The molecule has 0 heterocycles. The molecule has 0 aliphatic carbocycles. The van der Waals surface area contributed by atoms with E-state index >= 15 is 0 Å². The van der Waals surface area contributed by atoms with E-state index in [2.05, 4.69) is 5.32 Å². The molecular weight excluding hydrogens is 248 g/mol. The molecule has 0 saturated carbocycles. The molecular formula is C12H6N4O3. The summed E-state index contributed by atoms with van der Waals surface area (Å²) in [6.07, 6.45) is 0. The Morgan fingerprint density at radius 2 is 1.74 bits per heavy atom. The first-order valence-corrected chi connectivity index (χ1v) is 4.80. The molecule has 0 bridgehead atoms. The summed E-state index contributed by atoms with van der Waals surface area (Å²) in [5, 5.41) is 46.7. The molecule has 0 spiro atoms. The minimum absolute atomic E-state index is 0.0805. The Bertz CT molecular complexity index is 670. The highest BCUT2D eigenvalue weighted by Gasteiger charge is 2.10. The predicted octanol–water partition coefficient (Wildman–Crippen LogP) is 1.33. The first kappa shape index (κ1) is 13.6. The van der Waals surface area contributed by atoms with Crippen LogP contribution in [0.4, 0.5) is 5.69 Å². The number of phenols is 1. The van der Waals surface area contributed by atoms with E-state index in [0.717, 1.165) is 18.2 Å². The lowest BCUT2D eigenvalue weighted by Crippen LogP contribution is -2.03. The zero-order valence-corrected chi connectivity index (χ0v) is 9.38. The van der Waals surface area contributed by atoms with Crippen molar-refractivity contribution in [1.82, 2.24) is 0 Å². The number of rotatable bonds is 3. The molecule has 0 fully saturated rings. The molecule has 1 aromatic rings. The number of carboxylic acids is 1. The van der Waals surface area contributed by atoms with Gasteiger partial charge in [-0.25, -0.2) is 4.79 Å². The van der Waals surface area contributed by atoms with E-state index < -0.39 is 11.5 Å². The lowest BCUT2D eigenvalue weighted by Gasteiger charge is -2.06. The number of phenolic OH excluding ortho intramolecular Hbond substituents is 1. The van der Waals surface area contributed by atoms with Gasteiger partial charge >= 0.3 is 5.97 Å². The van der Waals surface area contributed by atoms with Gasteiger partial charge in [-0.1, -0.05) is 0 Å². The van der Waals surface area contributed by atoms with Gasteiger partial charge in [-0.2, -0.15) is 15.8 Å². The van der Waals surface area contributed by atoms with Gasteiger partial charge < -0.3 is 15.5 Å². The number of nitriles is 3. The Balaban J connectivity index is 3.25. The molecule has 0 amide bonds. The van der Waals surface area contributed by atoms with Crippen LogP contribution >= 0.6 is 0 Å². The normalized spacial score (nSPS) is 8.47. The quantitative estimate of drug-likeness (QED) is 0.690. The van der Waals surface area contributed by atoms with Crippen LogP contribution in [0.25, 0.3) is 0 Å². The zero-order chi connectivity index (χ0) is 14.4. The Morgan fingerprint density at radius 1 is 1.11 bits per heavy atom. The molecule has 7 nitrogen and oxygen atoms in total. The maximum atomic E-state index is 10.8. The summed E-state index contributed by atoms with van der Waals surface area (Å²) in [7, 11) is 0. The van der Waals surface area contributed by atoms with Crippen molar-refractivity contribution in [2.75, 3.05) is 5.32 Å². The van der Waals surface area contributed by atoms with Gasteiger partial charge in [0, 0.05) is 11.8 Å². The highest BCUT2D eigenvalue weighted by Crippen LogP contribution is 2.21. The number of carbonyl (C=O) groups is 1. The monoisotopic (exact) mass is 254 g/mol. The van der Waals surface area contributed by atoms with Crippen LogP contribution in [-0.2, 0) is 0 Å². The summed E-state index contributed by atoms with van der Waals surface area (Å²) in [4.78, 5) is 10.8. The van der Waals surface area contributed by atoms with Crippen molar-refractivity contribution in [2.45, 2.75) is 0 Å². The summed E-state index contributed by atoms with van der Waals surface area (Å²) >= 11 is 0. The standard InChI is InChI=1S/C12H6N4O3/c13-4-8(5-14)11(6-15)16-9-1-7(12(18)19)2-10(17)3-9/h1-3,16-17H,(H,18,19). The van der Waals surface area contributed by atoms with Crippen LogP contribution in [0, 0.1) is 34.0 Å². The third kappa shape index (κ3) is 3.23. The fourth-order valence-corrected chi connectivity index (χ4v) is 1.23. The van der Waals surface area contributed by atoms with Crippen LogP contribution in [0.5, 0.6) is 5.75 Å². The Hall–Kier alpha value is -3.50. The van der Waals surface area contributed by atoms with Gasteiger partial charge in [0.2, 0.25) is 0 Å². The van der Waals surface area contributed by atoms with E-state index in [1.807, 2.05) is 0 Å². The minimum Gasteiger partial charge on any atom is -0.508 e. The molecule has 0 atom stereocenters. The number of benzene rings is 1. The first-order chi connectivity index (χ1) is 9.01. The van der Waals surface area contributed by atoms with Crippen molar-refractivity contribution in [3.8, 4) is 24.0 Å². The van der Waals surface area contributed by atoms with Crippen molar-refractivity contribution >= 4 is 11.7 Å². The van der Waals surface area contributed by atoms with Crippen molar-refractivity contribution in [1.29, 1.82) is 15.8 Å². The number of aromatic carboxylic acids is 1. The van der Waals surface area contributed by atoms with Crippen molar-refractivity contribution in [2.24, 2.45) is 0 Å². The van der Waals surface area contributed by atoms with Gasteiger partial charge in [-0.15, -0.1) is 0 Å². The number of aromatic hydroxyl groups is 1. The highest BCUT2D eigenvalue weighted by atomic mass is 16.4. The maximum absolute atomic E-state index is 10.8. The predicted molar refractivity (Wildman–Crippen MR) is 62.6 cm³/mol. The third-order valence-corrected chi connectivity index (χ3v) is 2.02. The van der Waals surface area contributed by atoms with Crippen molar-refractivity contribution in [3.63, 3.8) is 0 Å². The number of hydrogen-bond acceptors (Lipinski definition) is 6. The van der Waals surface area contributed by atoms with Crippen LogP contribution in [0.15, 0.2) is 29.5 Å². The van der Waals surface area contributed by atoms with E-state index in [1.165, 1.54) is 12.1 Å². The summed E-state index contributed by atoms with van der Waals surface area (Å²) in [6.45, 7) is 0. The average Bonchev–Trinajstić information content (AvgIpc) is 2.38. The van der Waals surface area contributed by atoms with Crippen molar-refractivity contribution < 1.29 is 15.0 Å². The Kier molecular flexibility index (Phi) is 4.08. The van der Waals surface area contributed by atoms with Crippen LogP contribution in [0.2, 0.25) is 0 Å². The third-order valence-electron chi connectivity index (χ3n) is 2.02. The summed E-state index contributed by atoms with van der Waals surface area (Å²) in [5.41, 5.74) is -0.887. The van der Waals surface area contributed by atoms with Gasteiger partial charge in [0.15, 0.2) is 5.57 Å². The molecule has 0 radical (unpaired) electrons. The van der Waals surface area contributed by atoms with Crippen molar-refractivity contribution in [3.05, 3.63) is 35.0 Å². The van der Waals surface area contributed by atoms with E-state index in [-0.39, 0.29) is 22.7 Å². The van der Waals surface area contributed by atoms with Gasteiger partial charge in [0.25, 0.3) is 0 Å². The fourth-order valence-electron chi connectivity index (χ4n) is 1.23. The second kappa shape index (κ2) is 5.72. The smallest absolute Gasteiger partial charge is 0.335 e. The van der Waals surface area contributed by atoms with E-state index in [1.54, 1.807) is 6.07 Å². The number of allylic oxidation sites excluding steroid dienone is 2. The molecule has 7 heteroatoms. The second-order valence-electron chi connectivity index (χ2n) is 3.28. The fraction of sp³-hybridized carbons (Fsp3) is 0. The number of anilines is 1. The SMILES string of the molecule is N#CC(C#N)=C(C#N)Nc1cc(O)cc(C(=O)O)c1. The van der Waals surface area contributed by atoms with E-state index in [9.17, 15) is 9.90 Å². The summed E-state index contributed by atoms with van der Waals surface area (Å²) < 4.78 is 0. The molecule has 19 heavy (non-hydrogen) atoms. The highest BCUT2D eigenvalue weighted by molar-refractivity contribution is 5.89. The maximum Gasteiger partial charge on any atom is 0.335 e. The minimum atomic E-state index is -1.26. The molecule has 0 aliphatic heterocycles. The molecule has 92 valence electrons. The van der Waals surface area contributed by atoms with Crippen LogP contribution in [0.1, 0.15) is 10.4 Å². The zero-order valence-electron chi connectivity index (χ0n) is 9.38. The average molecular weight is 254 g/mol. The first-order valence-electron chi connectivity index (χ1n) is 4.80. The van der Waals surface area contributed by atoms with Crippen LogP contribution in [-0.4, -0.2) is 16.2 Å². The summed E-state index contributed by atoms with van der Waals surface area (Å²) in [5.74, 6) is -1.59. The summed E-state index contributed by atoms with van der Waals surface area (Å²) in [6, 6.07) is 8.02. The van der Waals surface area contributed by atoms with Gasteiger partial charge in [0.1, 0.15) is 29.7 Å². The molecule has 0 aliphatic rings. The molecule has 3 N–H and O–H groups in total. The molecule has 1 rings (SSSR count). The van der Waals surface area contributed by atoms with Gasteiger partial charge in [0.05, 0.1) is 5.56 Å². The van der Waals surface area contributed by atoms with E-state index in [4.69, 9.17) is 20.9 Å². The lowest BCUT2D eigenvalue weighted by molar-refractivity contribution is 0.0696. The number of nitrogens with one attached hydrogen (secondary N) is 1. The van der Waals surface area contributed by atoms with Gasteiger partial charge in [-0.05, 0) is 12.1 Å².